The Balaban J connectivity index is 2.71. The minimum atomic E-state index is 0.540. The van der Waals surface area contributed by atoms with Gasteiger partial charge in [-0.05, 0) is 38.9 Å². The van der Waals surface area contributed by atoms with Gasteiger partial charge in [-0.2, -0.15) is 0 Å². The van der Waals surface area contributed by atoms with Gasteiger partial charge in [-0.1, -0.05) is 34.4 Å². The van der Waals surface area contributed by atoms with E-state index < -0.39 is 0 Å². The molecule has 0 saturated carbocycles. The first-order valence-electron chi connectivity index (χ1n) is 7.27. The molecule has 0 aromatic carbocycles. The van der Waals surface area contributed by atoms with Crippen molar-refractivity contribution in [1.29, 1.82) is 0 Å². The van der Waals surface area contributed by atoms with Gasteiger partial charge < -0.3 is 14.2 Å². The molecule has 3 nitrogen and oxygen atoms in total. The fraction of sp³-hybridized carbons (Fsp3) is 1.00. The van der Waals surface area contributed by atoms with Crippen molar-refractivity contribution in [2.24, 2.45) is 0 Å². The molecule has 95 valence electrons. The predicted octanol–water partition coefficient (Wildman–Crippen LogP) is 1.91. The van der Waals surface area contributed by atoms with Gasteiger partial charge in [0, 0.05) is 0 Å². The molecule has 17 heavy (non-hydrogen) atoms. The topological polar surface area (TPSA) is 9.72 Å². The molecular weight excluding hydrogens is 207 g/mol. The van der Waals surface area contributed by atoms with Crippen molar-refractivity contribution in [3.8, 4) is 0 Å². The molecule has 0 amide bonds. The second-order valence-corrected chi connectivity index (χ2v) is 5.09. The zero-order valence-electron chi connectivity index (χ0n) is 12.3. The van der Waals surface area contributed by atoms with Gasteiger partial charge in [-0.25, -0.2) is 0 Å². The quantitative estimate of drug-likeness (QED) is 0.649. The van der Waals surface area contributed by atoms with E-state index in [4.69, 9.17) is 0 Å². The molecule has 0 bridgehead atoms. The summed E-state index contributed by atoms with van der Waals surface area (Å²) in [7, 11) is 2.36. The standard InChI is InChI=1S/C11H27B3N3/c1-6-9-15-12-16(10-7-2)14(5)17(11-8-3)13(15)4/h6-11H2,1-5H3. The van der Waals surface area contributed by atoms with E-state index in [-0.39, 0.29) is 0 Å². The highest BCUT2D eigenvalue weighted by molar-refractivity contribution is 6.79. The Labute approximate surface area is 109 Å². The van der Waals surface area contributed by atoms with Gasteiger partial charge in [0.05, 0.1) is 0 Å². The molecular formula is C11H27B3N3. The van der Waals surface area contributed by atoms with Crippen molar-refractivity contribution < 1.29 is 0 Å². The maximum Gasteiger partial charge on any atom is 0.290 e. The Kier molecular flexibility index (Phi) is 6.67. The summed E-state index contributed by atoms with van der Waals surface area (Å²) >= 11 is 0. The van der Waals surface area contributed by atoms with Crippen LogP contribution >= 0.6 is 0 Å². The summed E-state index contributed by atoms with van der Waals surface area (Å²) in [6.45, 7) is 16.0. The van der Waals surface area contributed by atoms with Crippen LogP contribution in [0.1, 0.15) is 40.0 Å². The van der Waals surface area contributed by atoms with Crippen LogP contribution in [0, 0.1) is 0 Å². The molecule has 6 heteroatoms. The van der Waals surface area contributed by atoms with Crippen LogP contribution in [0.3, 0.4) is 0 Å². The van der Waals surface area contributed by atoms with Crippen LogP contribution in [-0.2, 0) is 0 Å². The molecule has 0 N–H and O–H groups in total. The van der Waals surface area contributed by atoms with E-state index in [9.17, 15) is 0 Å². The van der Waals surface area contributed by atoms with Gasteiger partial charge >= 0.3 is 0 Å². The van der Waals surface area contributed by atoms with E-state index in [0.29, 0.717) is 14.0 Å². The zero-order valence-corrected chi connectivity index (χ0v) is 12.3. The lowest BCUT2D eigenvalue weighted by Gasteiger charge is -2.48. The second kappa shape index (κ2) is 7.50. The van der Waals surface area contributed by atoms with Crippen molar-refractivity contribution in [2.75, 3.05) is 19.6 Å². The molecule has 1 fully saturated rings. The number of hydrogen-bond donors (Lipinski definition) is 0. The van der Waals surface area contributed by atoms with Crippen LogP contribution in [0.15, 0.2) is 0 Å². The van der Waals surface area contributed by atoms with E-state index in [1.165, 1.54) is 25.8 Å². The van der Waals surface area contributed by atoms with Crippen molar-refractivity contribution in [2.45, 2.75) is 53.7 Å². The molecule has 0 spiro atoms. The summed E-state index contributed by atoms with van der Waals surface area (Å²) in [6, 6.07) is 0. The van der Waals surface area contributed by atoms with E-state index in [1.807, 2.05) is 0 Å². The van der Waals surface area contributed by atoms with Crippen LogP contribution in [0.4, 0.5) is 0 Å². The maximum atomic E-state index is 2.62. The monoisotopic (exact) mass is 234 g/mol. The first-order valence-corrected chi connectivity index (χ1v) is 7.27. The number of hydrogen-bond acceptors (Lipinski definition) is 3. The Morgan fingerprint density at radius 3 is 1.53 bits per heavy atom. The van der Waals surface area contributed by atoms with Gasteiger partial charge in [0.1, 0.15) is 0 Å². The minimum Gasteiger partial charge on any atom is -0.361 e. The van der Waals surface area contributed by atoms with E-state index in [0.717, 1.165) is 13.1 Å². The molecule has 0 atom stereocenters. The maximum absolute atomic E-state index is 2.62. The van der Waals surface area contributed by atoms with Gasteiger partial charge in [0.2, 0.25) is 0 Å². The fourth-order valence-electron chi connectivity index (χ4n) is 2.71. The van der Waals surface area contributed by atoms with E-state index >= 15 is 0 Å². The van der Waals surface area contributed by atoms with Gasteiger partial charge in [-0.3, -0.25) is 0 Å². The van der Waals surface area contributed by atoms with Crippen LogP contribution < -0.4 is 0 Å². The fourth-order valence-corrected chi connectivity index (χ4v) is 2.71. The Hall–Kier alpha value is 0.0748. The number of nitrogens with zero attached hydrogens (tertiary/aromatic N) is 3. The summed E-state index contributed by atoms with van der Waals surface area (Å²) in [5, 5.41) is 0. The lowest BCUT2D eigenvalue weighted by molar-refractivity contribution is 0.444. The smallest absolute Gasteiger partial charge is 0.290 e. The van der Waals surface area contributed by atoms with Crippen LogP contribution in [0.25, 0.3) is 0 Å². The third-order valence-electron chi connectivity index (χ3n) is 3.66. The molecule has 1 radical (unpaired) electrons. The van der Waals surface area contributed by atoms with Crippen LogP contribution in [0.5, 0.6) is 0 Å². The molecule has 0 aromatic rings. The molecule has 0 unspecified atom stereocenters. The lowest BCUT2D eigenvalue weighted by atomic mass is 9.51. The largest absolute Gasteiger partial charge is 0.361 e. The first-order chi connectivity index (χ1) is 8.15. The SMILES string of the molecule is CCCN1[B]N(CCC)B(C)N(CCC)B1C. The van der Waals surface area contributed by atoms with Crippen molar-refractivity contribution in [3.05, 3.63) is 0 Å². The summed E-state index contributed by atoms with van der Waals surface area (Å²) < 4.78 is 7.60. The lowest BCUT2D eigenvalue weighted by Crippen LogP contribution is -2.71. The zero-order chi connectivity index (χ0) is 12.8. The average molecular weight is 234 g/mol. The molecule has 0 aliphatic carbocycles. The predicted molar refractivity (Wildman–Crippen MR) is 80.0 cm³/mol. The minimum absolute atomic E-state index is 0.540. The van der Waals surface area contributed by atoms with Crippen molar-refractivity contribution in [3.63, 3.8) is 0 Å². The molecule has 1 saturated heterocycles. The molecule has 0 aromatic heterocycles. The third-order valence-corrected chi connectivity index (χ3v) is 3.66. The normalized spacial score (nSPS) is 19.8. The second-order valence-electron chi connectivity index (χ2n) is 5.09. The van der Waals surface area contributed by atoms with E-state index in [2.05, 4.69) is 56.1 Å². The van der Waals surface area contributed by atoms with E-state index in [1.54, 1.807) is 0 Å². The van der Waals surface area contributed by atoms with Gasteiger partial charge in [0.15, 0.2) is 0 Å². The summed E-state index contributed by atoms with van der Waals surface area (Å²) in [5.74, 6) is 0. The highest BCUT2D eigenvalue weighted by Gasteiger charge is 2.39. The Morgan fingerprint density at radius 2 is 1.18 bits per heavy atom. The Bertz CT molecular complexity index is 200. The summed E-state index contributed by atoms with van der Waals surface area (Å²) in [6.07, 6.45) is 3.67. The molecule has 1 heterocycles. The van der Waals surface area contributed by atoms with Crippen molar-refractivity contribution in [1.82, 2.24) is 14.2 Å². The van der Waals surface area contributed by atoms with Gasteiger partial charge in [0.25, 0.3) is 21.5 Å². The van der Waals surface area contributed by atoms with Crippen LogP contribution in [-0.4, -0.2) is 55.3 Å². The third kappa shape index (κ3) is 3.77. The van der Waals surface area contributed by atoms with Crippen LogP contribution in [0.2, 0.25) is 13.6 Å². The van der Waals surface area contributed by atoms with Gasteiger partial charge in [-0.15, -0.1) is 0 Å². The Morgan fingerprint density at radius 1 is 0.765 bits per heavy atom. The molecule has 1 aliphatic rings. The first kappa shape index (κ1) is 15.1. The van der Waals surface area contributed by atoms with Crippen molar-refractivity contribution >= 4 is 21.5 Å². The highest BCUT2D eigenvalue weighted by Crippen LogP contribution is 2.15. The summed E-state index contributed by atoms with van der Waals surface area (Å²) in [4.78, 5) is 0. The summed E-state index contributed by atoms with van der Waals surface area (Å²) in [5.41, 5.74) is 0. The molecule has 1 aliphatic heterocycles. The highest BCUT2D eigenvalue weighted by atomic mass is 15.3. The molecule has 1 rings (SSSR count). The average Bonchev–Trinajstić information content (AvgIpc) is 2.31. The number of rotatable bonds is 6.